The van der Waals surface area contributed by atoms with Gasteiger partial charge in [0.1, 0.15) is 18.7 Å². The normalized spacial score (nSPS) is 38.9. The lowest BCUT2D eigenvalue weighted by Gasteiger charge is -2.52. The smallest absolute Gasteiger partial charge is 0.161 e. The number of fused-ring (bicyclic) bond motifs is 1. The predicted molar refractivity (Wildman–Crippen MR) is 105 cm³/mol. The third-order valence-corrected chi connectivity index (χ3v) is 7.84. The first-order valence-corrected chi connectivity index (χ1v) is 10.8. The van der Waals surface area contributed by atoms with E-state index in [-0.39, 0.29) is 22.2 Å². The van der Waals surface area contributed by atoms with E-state index in [2.05, 4.69) is 13.5 Å². The molecule has 4 atom stereocenters. The maximum Gasteiger partial charge on any atom is 0.161 e. The number of hydrogen-bond acceptors (Lipinski definition) is 4. The topological polar surface area (TPSA) is 69.9 Å². The molecule has 5 nitrogen and oxygen atoms in total. The lowest BCUT2D eigenvalue weighted by atomic mass is 9.54. The zero-order valence-corrected chi connectivity index (χ0v) is 16.8. The highest BCUT2D eigenvalue weighted by Gasteiger charge is 2.77. The number of quaternary nitrogens is 1. The summed E-state index contributed by atoms with van der Waals surface area (Å²) < 4.78 is 6.71. The van der Waals surface area contributed by atoms with Crippen LogP contribution >= 0.6 is 0 Å². The average molecular weight is 387 g/mol. The van der Waals surface area contributed by atoms with Crippen molar-refractivity contribution in [2.75, 3.05) is 19.7 Å². The Hall–Kier alpha value is -1.56. The number of aromatic hydroxyl groups is 2. The van der Waals surface area contributed by atoms with Gasteiger partial charge in [0.25, 0.3) is 0 Å². The van der Waals surface area contributed by atoms with E-state index in [1.165, 1.54) is 12.8 Å². The molecule has 3 N–H and O–H groups in total. The third kappa shape index (κ3) is 2.30. The van der Waals surface area contributed by atoms with E-state index in [9.17, 15) is 15.4 Å². The number of hydroxylamine groups is 3. The Balaban J connectivity index is 1.74. The number of allylic oxidation sites excluding steroid dienone is 1. The van der Waals surface area contributed by atoms with Gasteiger partial charge in [0.05, 0.1) is 5.41 Å². The molecular weight excluding hydrogens is 354 g/mol. The number of likely N-dealkylation sites (tertiary alicyclic amines) is 1. The fourth-order valence-electron chi connectivity index (χ4n) is 6.69. The summed E-state index contributed by atoms with van der Waals surface area (Å²) in [6, 6.07) is 3.46. The summed E-state index contributed by atoms with van der Waals surface area (Å²) in [5.41, 5.74) is 1.92. The Bertz CT molecular complexity index is 834. The second-order valence-corrected chi connectivity index (χ2v) is 9.71. The first-order valence-electron chi connectivity index (χ1n) is 10.8. The fraction of sp³-hybridized carbons (Fsp3) is 0.652. The van der Waals surface area contributed by atoms with Crippen LogP contribution in [0, 0.1) is 5.92 Å². The van der Waals surface area contributed by atoms with E-state index in [0.29, 0.717) is 31.9 Å². The van der Waals surface area contributed by atoms with Crippen LogP contribution in [-0.4, -0.2) is 51.4 Å². The molecule has 1 aliphatic heterocycles. The van der Waals surface area contributed by atoms with Crippen LogP contribution in [0.25, 0.3) is 0 Å². The van der Waals surface area contributed by atoms with Crippen LogP contribution in [0.15, 0.2) is 24.3 Å². The molecule has 5 rings (SSSR count). The lowest BCUT2D eigenvalue weighted by Crippen LogP contribution is -2.64. The van der Waals surface area contributed by atoms with Crippen molar-refractivity contribution in [3.8, 4) is 11.5 Å². The Morgan fingerprint density at radius 1 is 1.29 bits per heavy atom. The van der Waals surface area contributed by atoms with Gasteiger partial charge in [0.15, 0.2) is 17.5 Å². The Labute approximate surface area is 166 Å². The summed E-state index contributed by atoms with van der Waals surface area (Å²) in [5.74, 6) is 0.464. The molecular formula is C23H32NO4+. The molecule has 0 spiro atoms. The molecule has 2 bridgehead atoms. The number of phenols is 2. The maximum absolute atomic E-state index is 12.0. The van der Waals surface area contributed by atoms with Gasteiger partial charge in [0, 0.05) is 24.5 Å². The van der Waals surface area contributed by atoms with Crippen LogP contribution in [0.2, 0.25) is 0 Å². The maximum atomic E-state index is 12.0. The largest absolute Gasteiger partial charge is 0.504 e. The minimum atomic E-state index is -0.539. The highest BCUT2D eigenvalue weighted by atomic mass is 16.6. The van der Waals surface area contributed by atoms with Crippen molar-refractivity contribution >= 4 is 0 Å². The number of ether oxygens (including phenoxy) is 1. The molecule has 2 unspecified atom stereocenters. The standard InChI is InChI=1S/C23H31NO4/c1-3-10-28-23-9-8-15(2)12-22(23)14-24(27,13-16-4-5-16)19(23)11-17-6-7-18(25)21(26)20(17)22/h6-7,16,19,27H,2-5,8-14H2,1H3,(H-,25,26)/p+1/t19-,22?,23-,24?/m1/s1. The minimum Gasteiger partial charge on any atom is -0.504 e. The molecule has 0 amide bonds. The molecule has 0 radical (unpaired) electrons. The van der Waals surface area contributed by atoms with E-state index in [4.69, 9.17) is 4.74 Å². The van der Waals surface area contributed by atoms with E-state index in [1.54, 1.807) is 6.07 Å². The first kappa shape index (κ1) is 18.5. The van der Waals surface area contributed by atoms with Gasteiger partial charge in [0.2, 0.25) is 0 Å². The molecule has 152 valence electrons. The van der Waals surface area contributed by atoms with Crippen molar-refractivity contribution in [2.24, 2.45) is 5.92 Å². The zero-order valence-electron chi connectivity index (χ0n) is 16.8. The van der Waals surface area contributed by atoms with Crippen molar-refractivity contribution in [2.45, 2.75) is 68.9 Å². The molecule has 3 aliphatic carbocycles. The predicted octanol–water partition coefficient (Wildman–Crippen LogP) is 3.80. The first-order chi connectivity index (χ1) is 13.4. The second-order valence-electron chi connectivity index (χ2n) is 9.71. The Morgan fingerprint density at radius 3 is 2.79 bits per heavy atom. The van der Waals surface area contributed by atoms with E-state index in [1.807, 2.05) is 6.07 Å². The number of hydrogen-bond donors (Lipinski definition) is 3. The summed E-state index contributed by atoms with van der Waals surface area (Å²) in [5, 5.41) is 33.2. The number of benzene rings is 1. The average Bonchev–Trinajstić information content (AvgIpc) is 3.43. The van der Waals surface area contributed by atoms with Gasteiger partial charge < -0.3 is 14.9 Å². The summed E-state index contributed by atoms with van der Waals surface area (Å²) >= 11 is 0. The quantitative estimate of drug-likeness (QED) is 0.409. The summed E-state index contributed by atoms with van der Waals surface area (Å²) in [4.78, 5) is 0. The Kier molecular flexibility index (Phi) is 3.94. The molecule has 5 heteroatoms. The van der Waals surface area contributed by atoms with Gasteiger partial charge in [-0.1, -0.05) is 25.1 Å². The number of rotatable bonds is 5. The number of nitrogens with zero attached hydrogens (tertiary/aromatic N) is 1. The van der Waals surface area contributed by atoms with Gasteiger partial charge in [-0.3, -0.25) is 0 Å². The zero-order chi connectivity index (χ0) is 19.7. The molecule has 1 saturated heterocycles. The number of phenolic OH excluding ortho intramolecular Hbond substituents is 2. The van der Waals surface area contributed by atoms with Gasteiger partial charge in [-0.05, 0) is 50.2 Å². The SMILES string of the molecule is C=C1CC[C@@]2(OCCC)[C@H]3Cc4ccc(O)c(O)c4C2(C1)C[N+]3(O)CC1CC1. The van der Waals surface area contributed by atoms with E-state index in [0.717, 1.165) is 42.5 Å². The summed E-state index contributed by atoms with van der Waals surface area (Å²) in [6.45, 7) is 8.33. The van der Waals surface area contributed by atoms with Crippen LogP contribution in [0.5, 0.6) is 11.5 Å². The minimum absolute atomic E-state index is 0.0243. The van der Waals surface area contributed by atoms with Crippen LogP contribution in [0.1, 0.15) is 56.6 Å². The van der Waals surface area contributed by atoms with Gasteiger partial charge >= 0.3 is 0 Å². The highest BCUT2D eigenvalue weighted by Crippen LogP contribution is 2.65. The fourth-order valence-corrected chi connectivity index (χ4v) is 6.69. The summed E-state index contributed by atoms with van der Waals surface area (Å²) in [6.07, 6.45) is 6.37. The Morgan fingerprint density at radius 2 is 2.07 bits per heavy atom. The van der Waals surface area contributed by atoms with Crippen LogP contribution < -0.4 is 0 Å². The molecule has 28 heavy (non-hydrogen) atoms. The molecule has 1 aromatic rings. The van der Waals surface area contributed by atoms with Crippen molar-refractivity contribution in [3.05, 3.63) is 35.4 Å². The van der Waals surface area contributed by atoms with Crippen molar-refractivity contribution in [1.29, 1.82) is 0 Å². The highest BCUT2D eigenvalue weighted by molar-refractivity contribution is 5.58. The molecule has 0 aromatic heterocycles. The van der Waals surface area contributed by atoms with Gasteiger partial charge in [-0.15, -0.1) is 0 Å². The molecule has 3 fully saturated rings. The van der Waals surface area contributed by atoms with Crippen molar-refractivity contribution in [3.63, 3.8) is 0 Å². The molecule has 2 saturated carbocycles. The summed E-state index contributed by atoms with van der Waals surface area (Å²) in [7, 11) is 0. The van der Waals surface area contributed by atoms with Crippen molar-refractivity contribution < 1.29 is 24.8 Å². The molecule has 1 aromatic carbocycles. The molecule has 1 heterocycles. The second kappa shape index (κ2) is 5.97. The van der Waals surface area contributed by atoms with E-state index < -0.39 is 11.0 Å². The van der Waals surface area contributed by atoms with Gasteiger partial charge in [-0.2, -0.15) is 4.65 Å². The lowest BCUT2D eigenvalue weighted by molar-refractivity contribution is -1.11. The van der Waals surface area contributed by atoms with Crippen LogP contribution in [0.3, 0.4) is 0 Å². The van der Waals surface area contributed by atoms with E-state index >= 15 is 0 Å². The van der Waals surface area contributed by atoms with Gasteiger partial charge in [-0.25, -0.2) is 5.21 Å². The molecule has 4 aliphatic rings. The van der Waals surface area contributed by atoms with Crippen LogP contribution in [-0.2, 0) is 16.6 Å². The third-order valence-electron chi connectivity index (χ3n) is 7.84. The monoisotopic (exact) mass is 386 g/mol. The van der Waals surface area contributed by atoms with Crippen LogP contribution in [0.4, 0.5) is 0 Å². The van der Waals surface area contributed by atoms with Crippen molar-refractivity contribution in [1.82, 2.24) is 0 Å².